The maximum absolute atomic E-state index is 13.7. The number of aryl methyl sites for hydroxylation is 2. The minimum absolute atomic E-state index is 0.0829. The van der Waals surface area contributed by atoms with Crippen molar-refractivity contribution in [1.29, 1.82) is 0 Å². The Morgan fingerprint density at radius 3 is 2.67 bits per heavy atom. The van der Waals surface area contributed by atoms with Crippen LogP contribution in [0.1, 0.15) is 16.8 Å². The highest BCUT2D eigenvalue weighted by atomic mass is 32.2. The number of hydrogen-bond donors (Lipinski definition) is 2. The Hall–Kier alpha value is -2.15. The third-order valence-corrected chi connectivity index (χ3v) is 3.80. The smallest absolute Gasteiger partial charge is 0.173 e. The molecular formula is C14H13F2N3OS. The second-order valence-corrected chi connectivity index (χ2v) is 5.45. The van der Waals surface area contributed by atoms with Crippen LogP contribution in [0.2, 0.25) is 0 Å². The lowest BCUT2D eigenvalue weighted by Gasteiger charge is -2.12. The van der Waals surface area contributed by atoms with Crippen molar-refractivity contribution in [3.8, 4) is 0 Å². The molecule has 21 heavy (non-hydrogen) atoms. The van der Waals surface area contributed by atoms with E-state index in [1.165, 1.54) is 0 Å². The van der Waals surface area contributed by atoms with E-state index in [-0.39, 0.29) is 10.7 Å². The second-order valence-electron chi connectivity index (χ2n) is 4.42. The first-order valence-corrected chi connectivity index (χ1v) is 6.83. The molecule has 0 radical (unpaired) electrons. The van der Waals surface area contributed by atoms with E-state index in [0.717, 1.165) is 35.5 Å². The summed E-state index contributed by atoms with van der Waals surface area (Å²) in [6.07, 6.45) is 0. The van der Waals surface area contributed by atoms with E-state index in [4.69, 9.17) is 10.9 Å². The number of halogens is 2. The molecule has 0 saturated carbocycles. The summed E-state index contributed by atoms with van der Waals surface area (Å²) in [5.41, 5.74) is 7.48. The van der Waals surface area contributed by atoms with Gasteiger partial charge in [-0.3, -0.25) is 0 Å². The molecule has 7 heteroatoms. The lowest BCUT2D eigenvalue weighted by Crippen LogP contribution is -2.17. The van der Waals surface area contributed by atoms with Gasteiger partial charge in [0.1, 0.15) is 16.7 Å². The van der Waals surface area contributed by atoms with Gasteiger partial charge >= 0.3 is 0 Å². The molecule has 2 aromatic rings. The summed E-state index contributed by atoms with van der Waals surface area (Å²) in [5.74, 6) is -1.24. The van der Waals surface area contributed by atoms with Crippen LogP contribution in [0, 0.1) is 25.5 Å². The van der Waals surface area contributed by atoms with Gasteiger partial charge in [0, 0.05) is 5.69 Å². The minimum atomic E-state index is -0.562. The van der Waals surface area contributed by atoms with Crippen LogP contribution >= 0.6 is 11.8 Å². The fraction of sp³-hybridized carbons (Fsp3) is 0.143. The minimum Gasteiger partial charge on any atom is -0.409 e. The van der Waals surface area contributed by atoms with Crippen LogP contribution in [0.3, 0.4) is 0 Å². The second kappa shape index (κ2) is 6.09. The summed E-state index contributed by atoms with van der Waals surface area (Å²) in [6, 6.07) is 4.93. The number of amidine groups is 1. The highest BCUT2D eigenvalue weighted by Crippen LogP contribution is 2.32. The van der Waals surface area contributed by atoms with Gasteiger partial charge in [-0.25, -0.2) is 13.8 Å². The van der Waals surface area contributed by atoms with Crippen molar-refractivity contribution >= 4 is 17.6 Å². The van der Waals surface area contributed by atoms with Gasteiger partial charge in [-0.05, 0) is 43.7 Å². The number of rotatable bonds is 3. The van der Waals surface area contributed by atoms with Gasteiger partial charge in [-0.1, -0.05) is 16.9 Å². The van der Waals surface area contributed by atoms with E-state index in [1.807, 2.05) is 0 Å². The molecule has 1 aromatic carbocycles. The largest absolute Gasteiger partial charge is 0.409 e. The molecule has 0 fully saturated rings. The molecule has 0 bridgehead atoms. The Balaban J connectivity index is 2.55. The van der Waals surface area contributed by atoms with E-state index in [2.05, 4.69) is 10.1 Å². The van der Waals surface area contributed by atoms with Crippen LogP contribution in [-0.2, 0) is 0 Å². The van der Waals surface area contributed by atoms with Crippen molar-refractivity contribution in [2.45, 2.75) is 23.8 Å². The van der Waals surface area contributed by atoms with Gasteiger partial charge < -0.3 is 10.9 Å². The summed E-state index contributed by atoms with van der Waals surface area (Å²) in [4.78, 5) is 4.35. The van der Waals surface area contributed by atoms with Gasteiger partial charge in [0.15, 0.2) is 5.84 Å². The van der Waals surface area contributed by atoms with E-state index in [9.17, 15) is 8.78 Å². The molecule has 0 aliphatic rings. The Kier molecular flexibility index (Phi) is 4.42. The van der Waals surface area contributed by atoms with Crippen LogP contribution in [0.5, 0.6) is 0 Å². The van der Waals surface area contributed by atoms with Crippen LogP contribution < -0.4 is 5.73 Å². The Morgan fingerprint density at radius 1 is 1.29 bits per heavy atom. The average molecular weight is 309 g/mol. The topological polar surface area (TPSA) is 71.5 Å². The maximum Gasteiger partial charge on any atom is 0.173 e. The molecule has 0 unspecified atom stereocenters. The zero-order valence-corrected chi connectivity index (χ0v) is 12.2. The average Bonchev–Trinajstić information content (AvgIpc) is 2.41. The molecular weight excluding hydrogens is 296 g/mol. The summed E-state index contributed by atoms with van der Waals surface area (Å²) in [7, 11) is 0. The summed E-state index contributed by atoms with van der Waals surface area (Å²) < 4.78 is 27.0. The number of pyridine rings is 1. The van der Waals surface area contributed by atoms with Crippen LogP contribution in [0.25, 0.3) is 0 Å². The first-order valence-electron chi connectivity index (χ1n) is 6.01. The summed E-state index contributed by atoms with van der Waals surface area (Å²) in [6.45, 7) is 3.54. The molecule has 0 aliphatic carbocycles. The Labute approximate surface area is 124 Å². The predicted molar refractivity (Wildman–Crippen MR) is 76.7 cm³/mol. The molecule has 0 aliphatic heterocycles. The van der Waals surface area contributed by atoms with Crippen LogP contribution in [-0.4, -0.2) is 16.0 Å². The summed E-state index contributed by atoms with van der Waals surface area (Å²) >= 11 is 0.929. The molecule has 4 nitrogen and oxygen atoms in total. The van der Waals surface area contributed by atoms with Crippen LogP contribution in [0.15, 0.2) is 39.3 Å². The lowest BCUT2D eigenvalue weighted by molar-refractivity contribution is 0.318. The van der Waals surface area contributed by atoms with E-state index >= 15 is 0 Å². The van der Waals surface area contributed by atoms with Crippen LogP contribution in [0.4, 0.5) is 8.78 Å². The SMILES string of the molecule is Cc1cc(C)c(C(N)=NO)c(Sc2cc(F)ccc2F)n1. The maximum atomic E-state index is 13.7. The van der Waals surface area contributed by atoms with Gasteiger partial charge in [0.2, 0.25) is 0 Å². The zero-order valence-electron chi connectivity index (χ0n) is 11.4. The number of oxime groups is 1. The third-order valence-electron chi connectivity index (χ3n) is 2.78. The van der Waals surface area contributed by atoms with Crippen molar-refractivity contribution in [2.75, 3.05) is 0 Å². The zero-order chi connectivity index (χ0) is 15.6. The molecule has 2 rings (SSSR count). The van der Waals surface area contributed by atoms with Gasteiger partial charge in [-0.15, -0.1) is 0 Å². The van der Waals surface area contributed by atoms with E-state index in [1.54, 1.807) is 19.9 Å². The first-order chi connectivity index (χ1) is 9.92. The fourth-order valence-electron chi connectivity index (χ4n) is 1.90. The van der Waals surface area contributed by atoms with E-state index in [0.29, 0.717) is 16.3 Å². The molecule has 0 atom stereocenters. The number of nitrogens with zero attached hydrogens (tertiary/aromatic N) is 2. The molecule has 1 aromatic heterocycles. The van der Waals surface area contributed by atoms with Crippen molar-refractivity contribution in [3.63, 3.8) is 0 Å². The van der Waals surface area contributed by atoms with Gasteiger partial charge in [0.05, 0.1) is 10.5 Å². The standard InChI is InChI=1S/C14H13F2N3OS/c1-7-5-8(2)18-14(12(7)13(17)19-20)21-11-6-9(15)3-4-10(11)16/h3-6,20H,1-2H3,(H2,17,19). The fourth-order valence-corrected chi connectivity index (χ4v) is 3.00. The number of hydrogen-bond acceptors (Lipinski definition) is 4. The predicted octanol–water partition coefficient (Wildman–Crippen LogP) is 3.22. The Bertz CT molecular complexity index is 720. The number of aromatic nitrogens is 1. The van der Waals surface area contributed by atoms with E-state index < -0.39 is 11.6 Å². The van der Waals surface area contributed by atoms with Crippen molar-refractivity contribution in [3.05, 3.63) is 52.7 Å². The third kappa shape index (κ3) is 3.30. The molecule has 0 spiro atoms. The summed E-state index contributed by atoms with van der Waals surface area (Å²) in [5, 5.41) is 12.2. The molecule has 1 heterocycles. The first kappa shape index (κ1) is 15.2. The molecule has 0 saturated heterocycles. The van der Waals surface area contributed by atoms with Gasteiger partial charge in [-0.2, -0.15) is 0 Å². The molecule has 3 N–H and O–H groups in total. The normalized spacial score (nSPS) is 11.7. The number of benzene rings is 1. The Morgan fingerprint density at radius 2 is 2.00 bits per heavy atom. The molecule has 110 valence electrons. The van der Waals surface area contributed by atoms with Gasteiger partial charge in [0.25, 0.3) is 0 Å². The number of nitrogens with two attached hydrogens (primary N) is 1. The molecule has 0 amide bonds. The lowest BCUT2D eigenvalue weighted by atomic mass is 10.1. The quantitative estimate of drug-likeness (QED) is 0.395. The highest BCUT2D eigenvalue weighted by Gasteiger charge is 2.16. The van der Waals surface area contributed by atoms with Crippen molar-refractivity contribution < 1.29 is 14.0 Å². The van der Waals surface area contributed by atoms with Crippen molar-refractivity contribution in [1.82, 2.24) is 4.98 Å². The monoisotopic (exact) mass is 309 g/mol. The highest BCUT2D eigenvalue weighted by molar-refractivity contribution is 7.99. The van der Waals surface area contributed by atoms with Crippen molar-refractivity contribution in [2.24, 2.45) is 10.9 Å².